The molecule has 1 saturated heterocycles. The van der Waals surface area contributed by atoms with Crippen LogP contribution in [0.4, 0.5) is 4.39 Å². The number of hydrogen-bond donors (Lipinski definition) is 1. The van der Waals surface area contributed by atoms with Crippen molar-refractivity contribution >= 4 is 21.8 Å². The Bertz CT molecular complexity index is 795. The van der Waals surface area contributed by atoms with Gasteiger partial charge in [0.25, 0.3) is 5.91 Å². The quantitative estimate of drug-likeness (QED) is 0.661. The number of nitrogens with zero attached hydrogens (tertiary/aromatic N) is 1. The Hall–Kier alpha value is -2.12. The van der Waals surface area contributed by atoms with Crippen molar-refractivity contribution in [3.05, 3.63) is 58.3 Å². The second-order valence-electron chi connectivity index (χ2n) is 6.70. The van der Waals surface area contributed by atoms with Gasteiger partial charge in [-0.3, -0.25) is 9.69 Å². The number of carbonyl (C=O) groups excluding carboxylic acids is 1. The molecule has 1 fully saturated rings. The first-order valence-corrected chi connectivity index (χ1v) is 10.1. The lowest BCUT2D eigenvalue weighted by Gasteiger charge is -2.28. The average Bonchev–Trinajstić information content (AvgIpc) is 3.22. The number of benzene rings is 2. The van der Waals surface area contributed by atoms with Gasteiger partial charge in [-0.1, -0.05) is 12.1 Å². The van der Waals surface area contributed by atoms with Crippen LogP contribution in [0.5, 0.6) is 11.5 Å². The Morgan fingerprint density at radius 2 is 1.93 bits per heavy atom. The van der Waals surface area contributed by atoms with Gasteiger partial charge < -0.3 is 14.8 Å². The summed E-state index contributed by atoms with van der Waals surface area (Å²) < 4.78 is 24.3. The number of methoxy groups -OCH3 is 1. The number of nitrogens with one attached hydrogen (secondary N) is 1. The Kier molecular flexibility index (Phi) is 7.28. The zero-order valence-electron chi connectivity index (χ0n) is 15.8. The molecule has 0 spiro atoms. The van der Waals surface area contributed by atoms with E-state index in [0.29, 0.717) is 16.8 Å². The Morgan fingerprint density at radius 1 is 1.21 bits per heavy atom. The second-order valence-corrected chi connectivity index (χ2v) is 7.55. The van der Waals surface area contributed by atoms with E-state index in [-0.39, 0.29) is 24.4 Å². The topological polar surface area (TPSA) is 50.8 Å². The molecule has 0 unspecified atom stereocenters. The molecular weight excluding hydrogens is 427 g/mol. The summed E-state index contributed by atoms with van der Waals surface area (Å²) >= 11 is 3.23. The highest BCUT2D eigenvalue weighted by atomic mass is 79.9. The molecule has 1 aliphatic rings. The van der Waals surface area contributed by atoms with Crippen molar-refractivity contribution in [2.45, 2.75) is 18.9 Å². The molecule has 1 heterocycles. The number of amides is 1. The molecule has 1 atom stereocenters. The minimum Gasteiger partial charge on any atom is -0.497 e. The van der Waals surface area contributed by atoms with Crippen LogP contribution in [0.3, 0.4) is 0 Å². The SMILES string of the molecule is COc1ccc([C@H](CNC(=O)COc2ccc(F)cc2Br)N2CCCC2)cc1. The highest BCUT2D eigenvalue weighted by molar-refractivity contribution is 9.10. The van der Waals surface area contributed by atoms with Crippen molar-refractivity contribution in [3.63, 3.8) is 0 Å². The van der Waals surface area contributed by atoms with Crippen molar-refractivity contribution in [3.8, 4) is 11.5 Å². The normalized spacial score (nSPS) is 15.2. The summed E-state index contributed by atoms with van der Waals surface area (Å²) in [5, 5.41) is 2.96. The predicted octanol–water partition coefficient (Wildman–Crippen LogP) is 3.93. The molecule has 0 bridgehead atoms. The van der Waals surface area contributed by atoms with Crippen molar-refractivity contribution in [1.82, 2.24) is 10.2 Å². The van der Waals surface area contributed by atoms with Gasteiger partial charge in [0.2, 0.25) is 0 Å². The fourth-order valence-corrected chi connectivity index (χ4v) is 3.80. The maximum absolute atomic E-state index is 13.1. The summed E-state index contributed by atoms with van der Waals surface area (Å²) in [5.41, 5.74) is 1.14. The third kappa shape index (κ3) is 5.45. The highest BCUT2D eigenvalue weighted by Gasteiger charge is 2.24. The maximum Gasteiger partial charge on any atom is 0.258 e. The van der Waals surface area contributed by atoms with Crippen LogP contribution in [-0.2, 0) is 4.79 Å². The van der Waals surface area contributed by atoms with Crippen molar-refractivity contribution in [1.29, 1.82) is 0 Å². The Morgan fingerprint density at radius 3 is 2.57 bits per heavy atom. The fourth-order valence-electron chi connectivity index (χ4n) is 3.33. The Balaban J connectivity index is 1.58. The van der Waals surface area contributed by atoms with E-state index in [1.165, 1.54) is 31.0 Å². The molecule has 0 aliphatic carbocycles. The minimum absolute atomic E-state index is 0.106. The van der Waals surface area contributed by atoms with E-state index in [2.05, 4.69) is 26.1 Å². The van der Waals surface area contributed by atoms with Crippen LogP contribution in [0.1, 0.15) is 24.4 Å². The molecule has 0 radical (unpaired) electrons. The lowest BCUT2D eigenvalue weighted by molar-refractivity contribution is -0.123. The number of rotatable bonds is 8. The molecule has 0 saturated carbocycles. The third-order valence-corrected chi connectivity index (χ3v) is 5.45. The van der Waals surface area contributed by atoms with Crippen LogP contribution in [0.2, 0.25) is 0 Å². The number of halogens is 2. The van der Waals surface area contributed by atoms with E-state index in [1.54, 1.807) is 7.11 Å². The van der Waals surface area contributed by atoms with Gasteiger partial charge in [0.1, 0.15) is 17.3 Å². The highest BCUT2D eigenvalue weighted by Crippen LogP contribution is 2.27. The average molecular weight is 451 g/mol. The zero-order valence-corrected chi connectivity index (χ0v) is 17.4. The molecule has 2 aromatic carbocycles. The van der Waals surface area contributed by atoms with Crippen molar-refractivity contribution < 1.29 is 18.7 Å². The van der Waals surface area contributed by atoms with Gasteiger partial charge in [0, 0.05) is 6.54 Å². The lowest BCUT2D eigenvalue weighted by Crippen LogP contribution is -2.38. The monoisotopic (exact) mass is 450 g/mol. The molecule has 2 aromatic rings. The first-order valence-electron chi connectivity index (χ1n) is 9.29. The van der Waals surface area contributed by atoms with Gasteiger partial charge in [-0.15, -0.1) is 0 Å². The molecule has 1 amide bonds. The number of hydrogen-bond acceptors (Lipinski definition) is 4. The van der Waals surface area contributed by atoms with Gasteiger partial charge in [0.05, 0.1) is 17.6 Å². The van der Waals surface area contributed by atoms with Gasteiger partial charge in [0.15, 0.2) is 6.61 Å². The standard InChI is InChI=1S/C21H24BrFN2O3/c1-27-17-7-4-15(5-8-17)19(25-10-2-3-11-25)13-24-21(26)14-28-20-9-6-16(23)12-18(20)22/h4-9,12,19H,2-3,10-11,13-14H2,1H3,(H,24,26)/t19-/m0/s1. The Labute approximate surface area is 172 Å². The smallest absolute Gasteiger partial charge is 0.258 e. The van der Waals surface area contributed by atoms with Crippen LogP contribution in [0, 0.1) is 5.82 Å². The molecule has 7 heteroatoms. The third-order valence-electron chi connectivity index (χ3n) is 4.83. The first-order chi connectivity index (χ1) is 13.6. The molecule has 3 rings (SSSR count). The lowest BCUT2D eigenvalue weighted by atomic mass is 10.1. The second kappa shape index (κ2) is 9.89. The van der Waals surface area contributed by atoms with Crippen LogP contribution in [-0.4, -0.2) is 44.2 Å². The summed E-state index contributed by atoms with van der Waals surface area (Å²) in [4.78, 5) is 14.7. The van der Waals surface area contributed by atoms with Crippen LogP contribution in [0.25, 0.3) is 0 Å². The van der Waals surface area contributed by atoms with Crippen LogP contribution in [0.15, 0.2) is 46.9 Å². The summed E-state index contributed by atoms with van der Waals surface area (Å²) in [7, 11) is 1.65. The maximum atomic E-state index is 13.1. The van der Waals surface area contributed by atoms with E-state index < -0.39 is 0 Å². The molecule has 28 heavy (non-hydrogen) atoms. The fraction of sp³-hybridized carbons (Fsp3) is 0.381. The minimum atomic E-state index is -0.364. The van der Waals surface area contributed by atoms with Crippen molar-refractivity contribution in [2.24, 2.45) is 0 Å². The van der Waals surface area contributed by atoms with E-state index in [0.717, 1.165) is 24.4 Å². The summed E-state index contributed by atoms with van der Waals surface area (Å²) in [6.45, 7) is 2.41. The summed E-state index contributed by atoms with van der Waals surface area (Å²) in [6.07, 6.45) is 2.34. The van der Waals surface area contributed by atoms with E-state index in [9.17, 15) is 9.18 Å². The molecular formula is C21H24BrFN2O3. The molecule has 1 N–H and O–H groups in total. The van der Waals surface area contributed by atoms with Gasteiger partial charge in [-0.2, -0.15) is 0 Å². The summed E-state index contributed by atoms with van der Waals surface area (Å²) in [6, 6.07) is 12.2. The first kappa shape index (κ1) is 20.6. The molecule has 1 aliphatic heterocycles. The van der Waals surface area contributed by atoms with Gasteiger partial charge in [-0.05, 0) is 77.8 Å². The number of carbonyl (C=O) groups is 1. The van der Waals surface area contributed by atoms with Gasteiger partial charge >= 0.3 is 0 Å². The van der Waals surface area contributed by atoms with E-state index in [1.807, 2.05) is 24.3 Å². The molecule has 150 valence electrons. The van der Waals surface area contributed by atoms with Crippen LogP contribution < -0.4 is 14.8 Å². The number of likely N-dealkylation sites (tertiary alicyclic amines) is 1. The van der Waals surface area contributed by atoms with E-state index >= 15 is 0 Å². The molecule has 5 nitrogen and oxygen atoms in total. The number of ether oxygens (including phenoxy) is 2. The van der Waals surface area contributed by atoms with Crippen molar-refractivity contribution in [2.75, 3.05) is 33.4 Å². The largest absolute Gasteiger partial charge is 0.497 e. The van der Waals surface area contributed by atoms with E-state index in [4.69, 9.17) is 9.47 Å². The van der Waals surface area contributed by atoms with Gasteiger partial charge in [-0.25, -0.2) is 4.39 Å². The zero-order chi connectivity index (χ0) is 19.9. The summed E-state index contributed by atoms with van der Waals surface area (Å²) in [5.74, 6) is 0.666. The molecule has 0 aromatic heterocycles. The van der Waals surface area contributed by atoms with Crippen LogP contribution >= 0.6 is 15.9 Å². The predicted molar refractivity (Wildman–Crippen MR) is 109 cm³/mol.